The Morgan fingerprint density at radius 2 is 2.18 bits per heavy atom. The summed E-state index contributed by atoms with van der Waals surface area (Å²) in [7, 11) is 1.28. The second-order valence-corrected chi connectivity index (χ2v) is 4.94. The average molecular weight is 327 g/mol. The first kappa shape index (κ1) is 15.6. The van der Waals surface area contributed by atoms with E-state index in [1.807, 2.05) is 0 Å². The second kappa shape index (κ2) is 6.30. The Kier molecular flexibility index (Phi) is 4.46. The minimum atomic E-state index is -1.02. The monoisotopic (exact) mass is 327 g/mol. The van der Waals surface area contributed by atoms with Crippen LogP contribution < -0.4 is 4.74 Å². The SMILES string of the molecule is COc1cc([N+](=O)O)cc(-c2nnc(SCC(=O)O)[nH]2)c1O. The second-order valence-electron chi connectivity index (χ2n) is 3.98. The van der Waals surface area contributed by atoms with Gasteiger partial charge in [-0.25, -0.2) is 5.21 Å². The Morgan fingerprint density at radius 1 is 1.45 bits per heavy atom. The minimum absolute atomic E-state index is 0.0430. The third-order valence-electron chi connectivity index (χ3n) is 2.55. The normalized spacial score (nSPS) is 10.4. The molecule has 0 spiro atoms. The predicted octanol–water partition coefficient (Wildman–Crippen LogP) is 1.16. The number of rotatable bonds is 6. The molecule has 0 amide bonds. The zero-order chi connectivity index (χ0) is 16.3. The Labute approximate surface area is 127 Å². The molecule has 0 aliphatic rings. The number of nitrogens with zero attached hydrogens (tertiary/aromatic N) is 3. The zero-order valence-electron chi connectivity index (χ0n) is 11.2. The molecule has 0 bridgehead atoms. The van der Waals surface area contributed by atoms with Gasteiger partial charge in [-0.15, -0.1) is 10.2 Å². The van der Waals surface area contributed by atoms with E-state index in [0.717, 1.165) is 17.8 Å². The molecule has 0 saturated carbocycles. The number of H-pyrrole nitrogens is 1. The van der Waals surface area contributed by atoms with Gasteiger partial charge in [0.1, 0.15) is 0 Å². The van der Waals surface area contributed by atoms with Crippen LogP contribution in [0.15, 0.2) is 17.3 Å². The number of methoxy groups -OCH3 is 1. The van der Waals surface area contributed by atoms with Crippen LogP contribution in [0.25, 0.3) is 11.4 Å². The number of aromatic hydroxyl groups is 1. The summed E-state index contributed by atoms with van der Waals surface area (Å²) in [6, 6.07) is 2.32. The fourth-order valence-electron chi connectivity index (χ4n) is 1.60. The summed E-state index contributed by atoms with van der Waals surface area (Å²) in [5, 5.41) is 35.4. The van der Waals surface area contributed by atoms with E-state index >= 15 is 0 Å². The number of aromatic amines is 1. The average Bonchev–Trinajstić information content (AvgIpc) is 2.93. The first-order valence-electron chi connectivity index (χ1n) is 5.77. The van der Waals surface area contributed by atoms with Gasteiger partial charge in [-0.3, -0.25) is 4.79 Å². The highest BCUT2D eigenvalue weighted by Crippen LogP contribution is 2.39. The molecule has 1 aromatic carbocycles. The van der Waals surface area contributed by atoms with Crippen LogP contribution in [0.4, 0.5) is 5.69 Å². The van der Waals surface area contributed by atoms with Crippen LogP contribution in [-0.2, 0) is 4.79 Å². The van der Waals surface area contributed by atoms with Gasteiger partial charge in [0.2, 0.25) is 0 Å². The van der Waals surface area contributed by atoms with E-state index in [-0.39, 0.29) is 44.4 Å². The molecule has 22 heavy (non-hydrogen) atoms. The van der Waals surface area contributed by atoms with Gasteiger partial charge in [0.05, 0.1) is 29.4 Å². The van der Waals surface area contributed by atoms with E-state index < -0.39 is 5.97 Å². The predicted molar refractivity (Wildman–Crippen MR) is 73.5 cm³/mol. The van der Waals surface area contributed by atoms with Gasteiger partial charge < -0.3 is 19.9 Å². The van der Waals surface area contributed by atoms with Crippen LogP contribution in [0, 0.1) is 4.91 Å². The number of carboxylic acid groups (broad SMARTS) is 1. The molecular formula is C11H11N4O6S+. The van der Waals surface area contributed by atoms with E-state index in [0.29, 0.717) is 0 Å². The molecule has 0 aliphatic heterocycles. The number of aliphatic carboxylic acids is 1. The first-order valence-corrected chi connectivity index (χ1v) is 6.75. The number of nitrogens with one attached hydrogen (secondary N) is 1. The summed E-state index contributed by atoms with van der Waals surface area (Å²) in [5.74, 6) is -1.49. The standard InChI is InChI=1S/C11H10N4O6S/c1-21-7-3-5(15(19)20)2-6(9(7)18)10-12-11(14-13-10)22-4-8(16)17/h2-3H,4H2,1H3,(H3-,12,13,14,16,17,18,19,20)/p+1. The third kappa shape index (κ3) is 3.25. The molecule has 0 fully saturated rings. The number of thioether (sulfide) groups is 1. The quantitative estimate of drug-likeness (QED) is 0.453. The number of carbonyl (C=O) groups is 1. The van der Waals surface area contributed by atoms with E-state index in [2.05, 4.69) is 15.2 Å². The lowest BCUT2D eigenvalue weighted by atomic mass is 10.1. The van der Waals surface area contributed by atoms with Crippen LogP contribution in [-0.4, -0.2) is 54.4 Å². The van der Waals surface area contributed by atoms with Crippen molar-refractivity contribution in [1.29, 1.82) is 0 Å². The van der Waals surface area contributed by atoms with E-state index in [9.17, 15) is 14.8 Å². The van der Waals surface area contributed by atoms with Crippen LogP contribution in [0.2, 0.25) is 0 Å². The van der Waals surface area contributed by atoms with Gasteiger partial charge in [-0.2, -0.15) is 0 Å². The van der Waals surface area contributed by atoms with Crippen LogP contribution in [0.5, 0.6) is 11.5 Å². The van der Waals surface area contributed by atoms with Crippen LogP contribution >= 0.6 is 11.8 Å². The molecular weight excluding hydrogens is 316 g/mol. The topological polar surface area (TPSA) is 149 Å². The third-order valence-corrected chi connectivity index (χ3v) is 3.40. The van der Waals surface area contributed by atoms with Gasteiger partial charge >= 0.3 is 11.7 Å². The molecule has 1 aromatic heterocycles. The fourth-order valence-corrected chi connectivity index (χ4v) is 2.13. The van der Waals surface area contributed by atoms with Crippen molar-refractivity contribution < 1.29 is 29.9 Å². The van der Waals surface area contributed by atoms with Crippen molar-refractivity contribution in [2.45, 2.75) is 5.16 Å². The molecule has 0 unspecified atom stereocenters. The molecule has 0 aliphatic carbocycles. The lowest BCUT2D eigenvalue weighted by molar-refractivity contribution is -0.729. The summed E-state index contributed by atoms with van der Waals surface area (Å²) < 4.78 is 4.91. The number of aromatic nitrogens is 3. The summed E-state index contributed by atoms with van der Waals surface area (Å²) in [6.45, 7) is 0. The summed E-state index contributed by atoms with van der Waals surface area (Å²) >= 11 is 0.907. The Hall–Kier alpha value is -2.82. The molecule has 0 radical (unpaired) electrons. The highest BCUT2D eigenvalue weighted by molar-refractivity contribution is 7.99. The Balaban J connectivity index is 2.41. The Bertz CT molecular complexity index is 731. The van der Waals surface area contributed by atoms with Crippen molar-refractivity contribution in [2.24, 2.45) is 0 Å². The zero-order valence-corrected chi connectivity index (χ0v) is 12.0. The number of carboxylic acids is 1. The smallest absolute Gasteiger partial charge is 0.321 e. The van der Waals surface area contributed by atoms with Crippen LogP contribution in [0.1, 0.15) is 0 Å². The van der Waals surface area contributed by atoms with E-state index in [4.69, 9.17) is 15.1 Å². The van der Waals surface area contributed by atoms with Crippen molar-refractivity contribution in [1.82, 2.24) is 15.2 Å². The first-order chi connectivity index (χ1) is 10.4. The largest absolute Gasteiger partial charge is 0.504 e. The number of phenolic OH excluding ortho intramolecular Hbond substituents is 1. The molecule has 0 atom stereocenters. The number of phenols is 1. The number of benzene rings is 1. The number of hydrogen-bond acceptors (Lipinski definition) is 7. The summed E-state index contributed by atoms with van der Waals surface area (Å²) in [6.07, 6.45) is 0. The number of hydrogen-bond donors (Lipinski definition) is 4. The van der Waals surface area contributed by atoms with Gasteiger partial charge in [0.25, 0.3) is 4.92 Å². The van der Waals surface area contributed by atoms with Crippen molar-refractivity contribution in [3.05, 3.63) is 17.0 Å². The van der Waals surface area contributed by atoms with Crippen molar-refractivity contribution >= 4 is 23.4 Å². The van der Waals surface area contributed by atoms with Gasteiger partial charge in [-0.1, -0.05) is 11.8 Å². The molecule has 0 saturated heterocycles. The van der Waals surface area contributed by atoms with Crippen molar-refractivity contribution in [2.75, 3.05) is 12.9 Å². The highest BCUT2D eigenvalue weighted by atomic mass is 32.2. The fraction of sp³-hybridized carbons (Fsp3) is 0.182. The molecule has 11 heteroatoms. The maximum atomic E-state index is 11.0. The molecule has 10 nitrogen and oxygen atoms in total. The molecule has 2 rings (SSSR count). The highest BCUT2D eigenvalue weighted by Gasteiger charge is 2.23. The lowest BCUT2D eigenvalue weighted by Crippen LogP contribution is -1.97. The summed E-state index contributed by atoms with van der Waals surface area (Å²) in [4.78, 5) is 23.8. The van der Waals surface area contributed by atoms with Crippen molar-refractivity contribution in [3.63, 3.8) is 0 Å². The van der Waals surface area contributed by atoms with Gasteiger partial charge in [-0.05, 0) is 0 Å². The molecule has 4 N–H and O–H groups in total. The molecule has 116 valence electrons. The summed E-state index contributed by atoms with van der Waals surface area (Å²) in [5.41, 5.74) is -0.111. The van der Waals surface area contributed by atoms with E-state index in [1.54, 1.807) is 0 Å². The maximum absolute atomic E-state index is 11.0. The number of ether oxygens (including phenoxy) is 1. The van der Waals surface area contributed by atoms with Crippen LogP contribution in [0.3, 0.4) is 0 Å². The maximum Gasteiger partial charge on any atom is 0.321 e. The van der Waals surface area contributed by atoms with E-state index in [1.165, 1.54) is 13.2 Å². The Morgan fingerprint density at radius 3 is 2.77 bits per heavy atom. The van der Waals surface area contributed by atoms with Gasteiger partial charge in [0, 0.05) is 6.07 Å². The molecule has 2 aromatic rings. The van der Waals surface area contributed by atoms with Gasteiger partial charge in [0.15, 0.2) is 22.5 Å². The van der Waals surface area contributed by atoms with Crippen molar-refractivity contribution in [3.8, 4) is 22.9 Å². The minimum Gasteiger partial charge on any atom is -0.504 e. The lowest BCUT2D eigenvalue weighted by Gasteiger charge is -2.05. The molecule has 1 heterocycles.